The van der Waals surface area contributed by atoms with Gasteiger partial charge >= 0.3 is 5.97 Å². The summed E-state index contributed by atoms with van der Waals surface area (Å²) in [4.78, 5) is 15.6. The average Bonchev–Trinajstić information content (AvgIpc) is 2.81. The van der Waals surface area contributed by atoms with E-state index in [1.807, 2.05) is 49.4 Å². The van der Waals surface area contributed by atoms with Crippen LogP contribution in [0, 0.1) is 12.7 Å². The van der Waals surface area contributed by atoms with E-state index in [0.29, 0.717) is 0 Å². The highest BCUT2D eigenvalue weighted by molar-refractivity contribution is 7.39. The van der Waals surface area contributed by atoms with E-state index in [2.05, 4.69) is 13.8 Å². The second-order valence-corrected chi connectivity index (χ2v) is 10.3. The van der Waals surface area contributed by atoms with Gasteiger partial charge in [-0.05, 0) is 47.7 Å². The molecular formula is C28H31FNO5P. The van der Waals surface area contributed by atoms with Gasteiger partial charge in [0.05, 0.1) is 30.5 Å². The molecule has 0 radical (unpaired) electrons. The van der Waals surface area contributed by atoms with Crippen LogP contribution in [0.5, 0.6) is 0 Å². The summed E-state index contributed by atoms with van der Waals surface area (Å²) in [5.41, 5.74) is 6.05. The van der Waals surface area contributed by atoms with Crippen molar-refractivity contribution in [2.24, 2.45) is 0 Å². The number of hydrogen-bond donors (Lipinski definition) is 2. The Morgan fingerprint density at radius 3 is 2.50 bits per heavy atom. The molecule has 0 aliphatic rings. The third kappa shape index (κ3) is 7.44. The molecule has 36 heavy (non-hydrogen) atoms. The molecule has 1 unspecified atom stereocenters. The summed E-state index contributed by atoms with van der Waals surface area (Å²) in [5.74, 6) is -1.38. The molecule has 0 fully saturated rings. The minimum atomic E-state index is -2.60. The fraction of sp³-hybridized carbons (Fsp3) is 0.286. The van der Waals surface area contributed by atoms with E-state index in [0.717, 1.165) is 39.2 Å². The summed E-state index contributed by atoms with van der Waals surface area (Å²) < 4.78 is 31.3. The van der Waals surface area contributed by atoms with Gasteiger partial charge in [0.2, 0.25) is 0 Å². The van der Waals surface area contributed by atoms with Crippen molar-refractivity contribution in [3.8, 4) is 22.4 Å². The molecule has 1 aromatic heterocycles. The van der Waals surface area contributed by atoms with Crippen LogP contribution in [-0.4, -0.2) is 40.0 Å². The number of carboxylic acid groups (broad SMARTS) is 1. The Balaban J connectivity index is 1.97. The number of aliphatic carboxylic acids is 1. The van der Waals surface area contributed by atoms with Crippen LogP contribution < -0.4 is 0 Å². The summed E-state index contributed by atoms with van der Waals surface area (Å²) in [5, 5.41) is 18.4. The number of aliphatic hydroxyl groups excluding tert-OH is 1. The maximum atomic E-state index is 13.9. The van der Waals surface area contributed by atoms with Gasteiger partial charge in [-0.1, -0.05) is 62.4 Å². The van der Waals surface area contributed by atoms with Crippen LogP contribution in [0.2, 0.25) is 0 Å². The normalized spacial score (nSPS) is 13.3. The van der Waals surface area contributed by atoms with E-state index in [4.69, 9.17) is 14.6 Å². The number of rotatable bonds is 11. The Morgan fingerprint density at radius 1 is 1.14 bits per heavy atom. The van der Waals surface area contributed by atoms with E-state index in [1.165, 1.54) is 12.1 Å². The number of aliphatic hydroxyl groups is 1. The molecule has 0 aliphatic heterocycles. The predicted octanol–water partition coefficient (Wildman–Crippen LogP) is 6.33. The molecule has 0 aliphatic carbocycles. The smallest absolute Gasteiger partial charge is 0.305 e. The Kier molecular flexibility index (Phi) is 9.71. The van der Waals surface area contributed by atoms with Crippen molar-refractivity contribution in [3.63, 3.8) is 0 Å². The largest absolute Gasteiger partial charge is 0.481 e. The molecule has 2 atom stereocenters. The lowest BCUT2D eigenvalue weighted by Gasteiger charge is -2.18. The van der Waals surface area contributed by atoms with E-state index in [1.54, 1.807) is 12.1 Å². The van der Waals surface area contributed by atoms with Crippen LogP contribution >= 0.6 is 8.03 Å². The third-order valence-corrected chi connectivity index (χ3v) is 6.91. The maximum Gasteiger partial charge on any atom is 0.305 e. The number of aryl methyl sites for hydroxylation is 1. The number of halogens is 1. The van der Waals surface area contributed by atoms with Crippen molar-refractivity contribution in [2.75, 3.05) is 12.8 Å². The zero-order valence-electron chi connectivity index (χ0n) is 20.6. The molecule has 0 spiro atoms. The molecule has 0 amide bonds. The number of aromatic nitrogens is 1. The minimum absolute atomic E-state index is 0.0252. The minimum Gasteiger partial charge on any atom is -0.481 e. The summed E-state index contributed by atoms with van der Waals surface area (Å²) in [7, 11) is -2.60. The SMILES string of the molecule is Cc1cc(F)ccc1-c1cc(-c2ccccc2)nc(C(C)C)c1/C=C/CO[PH](=O)C[C@@H](O)CC(=O)O. The lowest BCUT2D eigenvalue weighted by Crippen LogP contribution is -2.15. The molecule has 0 saturated heterocycles. The number of nitrogens with zero attached hydrogens (tertiary/aromatic N) is 1. The van der Waals surface area contributed by atoms with Crippen LogP contribution in [0.15, 0.2) is 60.7 Å². The molecule has 2 N–H and O–H groups in total. The van der Waals surface area contributed by atoms with Gasteiger partial charge < -0.3 is 14.7 Å². The average molecular weight is 512 g/mol. The summed E-state index contributed by atoms with van der Waals surface area (Å²) in [6.07, 6.45) is 1.67. The highest BCUT2D eigenvalue weighted by atomic mass is 31.1. The first-order chi connectivity index (χ1) is 17.2. The first-order valence-electron chi connectivity index (χ1n) is 11.7. The van der Waals surface area contributed by atoms with E-state index >= 15 is 0 Å². The number of carboxylic acids is 1. The van der Waals surface area contributed by atoms with Crippen molar-refractivity contribution < 1.29 is 28.5 Å². The lowest BCUT2D eigenvalue weighted by molar-refractivity contribution is -0.138. The highest BCUT2D eigenvalue weighted by Gasteiger charge is 2.18. The van der Waals surface area contributed by atoms with Crippen LogP contribution in [0.3, 0.4) is 0 Å². The van der Waals surface area contributed by atoms with E-state index in [9.17, 15) is 18.9 Å². The number of benzene rings is 2. The number of carbonyl (C=O) groups is 1. The predicted molar refractivity (Wildman–Crippen MR) is 141 cm³/mol. The van der Waals surface area contributed by atoms with E-state index < -0.39 is 26.5 Å². The standard InChI is InChI=1S/C28H31FNO5P/c1-18(2)28-24(10-7-13-35-36(34)17-22(31)15-27(32)33)25(23-12-11-21(29)14-19(23)3)16-26(30-28)20-8-5-4-6-9-20/h4-12,14,16,18,22,31,36H,13,15,17H2,1-3H3,(H,32,33)/b10-7+/t22-/m0/s1. The van der Waals surface area contributed by atoms with E-state index in [-0.39, 0.29) is 24.5 Å². The zero-order valence-corrected chi connectivity index (χ0v) is 21.6. The molecule has 6 nitrogen and oxygen atoms in total. The Labute approximate surface area is 211 Å². The maximum absolute atomic E-state index is 13.9. The monoisotopic (exact) mass is 511 g/mol. The van der Waals surface area contributed by atoms with Gasteiger partial charge in [-0.25, -0.2) is 4.39 Å². The molecule has 8 heteroatoms. The number of pyridine rings is 1. The summed E-state index contributed by atoms with van der Waals surface area (Å²) >= 11 is 0. The van der Waals surface area contributed by atoms with Crippen molar-refractivity contribution in [3.05, 3.63) is 83.3 Å². The molecule has 1 heterocycles. The van der Waals surface area contributed by atoms with Gasteiger partial charge in [-0.3, -0.25) is 14.3 Å². The third-order valence-electron chi connectivity index (χ3n) is 5.62. The second-order valence-electron chi connectivity index (χ2n) is 8.88. The van der Waals surface area contributed by atoms with Crippen molar-refractivity contribution in [1.82, 2.24) is 4.98 Å². The first-order valence-corrected chi connectivity index (χ1v) is 13.3. The Bertz CT molecular complexity index is 1260. The first kappa shape index (κ1) is 27.5. The van der Waals surface area contributed by atoms with Crippen LogP contribution in [0.1, 0.15) is 43.0 Å². The lowest BCUT2D eigenvalue weighted by atomic mass is 9.90. The molecule has 190 valence electrons. The second kappa shape index (κ2) is 12.7. The quantitative estimate of drug-likeness (QED) is 0.292. The van der Waals surface area contributed by atoms with Gasteiger partial charge in [0.15, 0.2) is 8.03 Å². The summed E-state index contributed by atoms with van der Waals surface area (Å²) in [6, 6.07) is 16.5. The topological polar surface area (TPSA) is 96.7 Å². The molecular weight excluding hydrogens is 480 g/mol. The van der Waals surface area contributed by atoms with Gasteiger partial charge in [0.25, 0.3) is 0 Å². The number of hydrogen-bond acceptors (Lipinski definition) is 5. The Morgan fingerprint density at radius 2 is 1.86 bits per heavy atom. The van der Waals surface area contributed by atoms with Crippen molar-refractivity contribution in [2.45, 2.75) is 39.2 Å². The molecule has 2 aromatic carbocycles. The van der Waals surface area contributed by atoms with Crippen LogP contribution in [-0.2, 0) is 13.9 Å². The molecule has 0 bridgehead atoms. The van der Waals surface area contributed by atoms with Crippen molar-refractivity contribution >= 4 is 20.1 Å². The Hall–Kier alpha value is -3.12. The van der Waals surface area contributed by atoms with Gasteiger partial charge in [0.1, 0.15) is 5.82 Å². The van der Waals surface area contributed by atoms with Gasteiger partial charge in [-0.2, -0.15) is 0 Å². The van der Waals surface area contributed by atoms with Crippen LogP contribution in [0.25, 0.3) is 28.5 Å². The van der Waals surface area contributed by atoms with Gasteiger partial charge in [-0.15, -0.1) is 0 Å². The van der Waals surface area contributed by atoms with Crippen molar-refractivity contribution in [1.29, 1.82) is 0 Å². The summed E-state index contributed by atoms with van der Waals surface area (Å²) in [6.45, 7) is 5.99. The van der Waals surface area contributed by atoms with Gasteiger partial charge in [0, 0.05) is 17.3 Å². The molecule has 0 saturated carbocycles. The zero-order chi connectivity index (χ0) is 26.2. The fourth-order valence-corrected chi connectivity index (χ4v) is 4.86. The fourth-order valence-electron chi connectivity index (χ4n) is 3.93. The highest BCUT2D eigenvalue weighted by Crippen LogP contribution is 2.36. The molecule has 3 aromatic rings. The molecule has 3 rings (SSSR count). The van der Waals surface area contributed by atoms with Crippen LogP contribution in [0.4, 0.5) is 4.39 Å².